The number of carbonyl (C=O) groups excluding carboxylic acids is 1. The average molecular weight is 420 g/mol. The number of para-hydroxylation sites is 1. The van der Waals surface area contributed by atoms with Crippen LogP contribution >= 0.6 is 0 Å². The summed E-state index contributed by atoms with van der Waals surface area (Å²) in [5.41, 5.74) is 3.00. The van der Waals surface area contributed by atoms with Crippen molar-refractivity contribution in [2.75, 3.05) is 20.8 Å². The van der Waals surface area contributed by atoms with Crippen molar-refractivity contribution in [3.63, 3.8) is 0 Å². The standard InChI is InChI=1S/C24H24N2O5/c1-14-16-8-9-20(29-2)23(30-3)22(16)31-24(28)18(14)12-21(27)25-11-10-15-13-26-19-7-5-4-6-17(15)19/h4-9,13,26H,10-12H2,1-3H3,(H,25,27). The van der Waals surface area contributed by atoms with Crippen molar-refractivity contribution in [1.29, 1.82) is 0 Å². The molecule has 0 atom stereocenters. The number of aromatic nitrogens is 1. The summed E-state index contributed by atoms with van der Waals surface area (Å²) in [6.07, 6.45) is 2.60. The van der Waals surface area contributed by atoms with E-state index in [4.69, 9.17) is 13.9 Å². The number of fused-ring (bicyclic) bond motifs is 2. The Balaban J connectivity index is 1.50. The molecule has 7 heteroatoms. The Labute approximate surface area is 179 Å². The van der Waals surface area contributed by atoms with Crippen LogP contribution in [0.2, 0.25) is 0 Å². The number of nitrogens with one attached hydrogen (secondary N) is 2. The van der Waals surface area contributed by atoms with E-state index in [9.17, 15) is 9.59 Å². The fraction of sp³-hybridized carbons (Fsp3) is 0.250. The van der Waals surface area contributed by atoms with Crippen molar-refractivity contribution < 1.29 is 18.7 Å². The van der Waals surface area contributed by atoms with Gasteiger partial charge in [-0.2, -0.15) is 0 Å². The topological polar surface area (TPSA) is 93.6 Å². The molecule has 0 bridgehead atoms. The number of amides is 1. The smallest absolute Gasteiger partial charge is 0.340 e. The van der Waals surface area contributed by atoms with E-state index in [0.29, 0.717) is 46.6 Å². The summed E-state index contributed by atoms with van der Waals surface area (Å²) in [6.45, 7) is 2.28. The third-order valence-electron chi connectivity index (χ3n) is 5.53. The number of carbonyl (C=O) groups is 1. The highest BCUT2D eigenvalue weighted by Crippen LogP contribution is 2.36. The lowest BCUT2D eigenvalue weighted by molar-refractivity contribution is -0.120. The minimum absolute atomic E-state index is 0.0493. The number of hydrogen-bond acceptors (Lipinski definition) is 5. The first-order chi connectivity index (χ1) is 15.0. The summed E-state index contributed by atoms with van der Waals surface area (Å²) < 4.78 is 16.1. The van der Waals surface area contributed by atoms with Crippen molar-refractivity contribution in [2.24, 2.45) is 0 Å². The molecule has 2 N–H and O–H groups in total. The van der Waals surface area contributed by atoms with E-state index >= 15 is 0 Å². The minimum Gasteiger partial charge on any atom is -0.493 e. The van der Waals surface area contributed by atoms with Crippen LogP contribution in [0.3, 0.4) is 0 Å². The van der Waals surface area contributed by atoms with Gasteiger partial charge in [0.05, 0.1) is 26.2 Å². The third kappa shape index (κ3) is 3.86. The Morgan fingerprint density at radius 3 is 2.68 bits per heavy atom. The van der Waals surface area contributed by atoms with E-state index in [1.807, 2.05) is 24.4 Å². The maximum atomic E-state index is 12.6. The molecule has 2 aromatic carbocycles. The third-order valence-corrected chi connectivity index (χ3v) is 5.53. The monoisotopic (exact) mass is 420 g/mol. The van der Waals surface area contributed by atoms with Gasteiger partial charge >= 0.3 is 5.63 Å². The van der Waals surface area contributed by atoms with Crippen LogP contribution < -0.4 is 20.4 Å². The second kappa shape index (κ2) is 8.55. The fourth-order valence-corrected chi connectivity index (χ4v) is 3.87. The Kier molecular flexibility index (Phi) is 5.66. The van der Waals surface area contributed by atoms with Crippen LogP contribution in [0.5, 0.6) is 11.5 Å². The number of H-pyrrole nitrogens is 1. The van der Waals surface area contributed by atoms with Gasteiger partial charge in [0.25, 0.3) is 0 Å². The molecule has 0 aliphatic rings. The van der Waals surface area contributed by atoms with Crippen LogP contribution in [-0.4, -0.2) is 31.7 Å². The van der Waals surface area contributed by atoms with Gasteiger partial charge in [-0.15, -0.1) is 0 Å². The normalized spacial score (nSPS) is 11.1. The second-order valence-corrected chi connectivity index (χ2v) is 7.31. The number of aryl methyl sites for hydroxylation is 1. The summed E-state index contributed by atoms with van der Waals surface area (Å²) in [5, 5.41) is 4.75. The zero-order chi connectivity index (χ0) is 22.0. The van der Waals surface area contributed by atoms with Crippen LogP contribution in [-0.2, 0) is 17.6 Å². The van der Waals surface area contributed by atoms with Gasteiger partial charge in [0.2, 0.25) is 11.7 Å². The molecule has 2 heterocycles. The first-order valence-electron chi connectivity index (χ1n) is 10.0. The number of hydrogen-bond donors (Lipinski definition) is 2. The van der Waals surface area contributed by atoms with E-state index in [2.05, 4.69) is 16.4 Å². The Hall–Kier alpha value is -3.74. The van der Waals surface area contributed by atoms with Crippen molar-refractivity contribution >= 4 is 27.8 Å². The van der Waals surface area contributed by atoms with Gasteiger partial charge in [-0.05, 0) is 42.7 Å². The van der Waals surface area contributed by atoms with Crippen LogP contribution in [0, 0.1) is 6.92 Å². The van der Waals surface area contributed by atoms with E-state index in [0.717, 1.165) is 16.5 Å². The molecule has 31 heavy (non-hydrogen) atoms. The predicted molar refractivity (Wildman–Crippen MR) is 119 cm³/mol. The molecule has 0 unspecified atom stereocenters. The number of benzene rings is 2. The van der Waals surface area contributed by atoms with Crippen LogP contribution in [0.4, 0.5) is 0 Å². The molecular formula is C24H24N2O5. The zero-order valence-electron chi connectivity index (χ0n) is 17.7. The van der Waals surface area contributed by atoms with Crippen molar-refractivity contribution in [3.05, 3.63) is 69.7 Å². The molecule has 0 saturated carbocycles. The van der Waals surface area contributed by atoms with E-state index in [1.54, 1.807) is 19.1 Å². The molecule has 0 radical (unpaired) electrons. The molecule has 4 aromatic rings. The molecule has 0 spiro atoms. The Bertz CT molecular complexity index is 1320. The summed E-state index contributed by atoms with van der Waals surface area (Å²) in [4.78, 5) is 28.4. The molecule has 2 aromatic heterocycles. The number of aromatic amines is 1. The highest BCUT2D eigenvalue weighted by Gasteiger charge is 2.19. The quantitative estimate of drug-likeness (QED) is 0.447. The van der Waals surface area contributed by atoms with Crippen LogP contribution in [0.1, 0.15) is 16.7 Å². The number of ether oxygens (including phenoxy) is 2. The highest BCUT2D eigenvalue weighted by atomic mass is 16.5. The minimum atomic E-state index is -0.552. The SMILES string of the molecule is COc1ccc2c(C)c(CC(=O)NCCc3c[nH]c4ccccc34)c(=O)oc2c1OC. The van der Waals surface area contributed by atoms with Gasteiger partial charge in [-0.1, -0.05) is 18.2 Å². The van der Waals surface area contributed by atoms with Gasteiger partial charge in [0.1, 0.15) is 0 Å². The van der Waals surface area contributed by atoms with Gasteiger partial charge in [0, 0.05) is 29.0 Å². The van der Waals surface area contributed by atoms with Gasteiger partial charge in [-0.3, -0.25) is 4.79 Å². The summed E-state index contributed by atoms with van der Waals surface area (Å²) >= 11 is 0. The second-order valence-electron chi connectivity index (χ2n) is 7.31. The molecule has 160 valence electrons. The number of methoxy groups -OCH3 is 2. The zero-order valence-corrected chi connectivity index (χ0v) is 17.7. The van der Waals surface area contributed by atoms with Gasteiger partial charge in [0.15, 0.2) is 11.3 Å². The van der Waals surface area contributed by atoms with E-state index in [1.165, 1.54) is 14.2 Å². The lowest BCUT2D eigenvalue weighted by Crippen LogP contribution is -2.29. The maximum absolute atomic E-state index is 12.6. The predicted octanol–water partition coefficient (Wildman–Crippen LogP) is 3.50. The highest BCUT2D eigenvalue weighted by molar-refractivity contribution is 5.90. The molecule has 0 saturated heterocycles. The maximum Gasteiger partial charge on any atom is 0.340 e. The molecule has 0 aliphatic carbocycles. The summed E-state index contributed by atoms with van der Waals surface area (Å²) in [5.74, 6) is 0.602. The summed E-state index contributed by atoms with van der Waals surface area (Å²) in [7, 11) is 3.01. The van der Waals surface area contributed by atoms with Crippen LogP contribution in [0.15, 0.2) is 51.8 Å². The average Bonchev–Trinajstić information content (AvgIpc) is 3.19. The molecule has 7 nitrogen and oxygen atoms in total. The fourth-order valence-electron chi connectivity index (χ4n) is 3.87. The van der Waals surface area contributed by atoms with Crippen LogP contribution in [0.25, 0.3) is 21.9 Å². The van der Waals surface area contributed by atoms with Crippen molar-refractivity contribution in [2.45, 2.75) is 19.8 Å². The largest absolute Gasteiger partial charge is 0.493 e. The molecule has 0 fully saturated rings. The molecular weight excluding hydrogens is 396 g/mol. The Morgan fingerprint density at radius 2 is 1.90 bits per heavy atom. The lowest BCUT2D eigenvalue weighted by atomic mass is 10.0. The molecule has 1 amide bonds. The summed E-state index contributed by atoms with van der Waals surface area (Å²) in [6, 6.07) is 11.6. The first-order valence-corrected chi connectivity index (χ1v) is 10.0. The molecule has 4 rings (SSSR count). The number of rotatable bonds is 7. The first kappa shape index (κ1) is 20.5. The van der Waals surface area contributed by atoms with E-state index in [-0.39, 0.29) is 12.3 Å². The van der Waals surface area contributed by atoms with Gasteiger partial charge in [-0.25, -0.2) is 4.79 Å². The molecule has 0 aliphatic heterocycles. The van der Waals surface area contributed by atoms with Gasteiger partial charge < -0.3 is 24.2 Å². The van der Waals surface area contributed by atoms with E-state index < -0.39 is 5.63 Å². The van der Waals surface area contributed by atoms with Crippen molar-refractivity contribution in [3.8, 4) is 11.5 Å². The lowest BCUT2D eigenvalue weighted by Gasteiger charge is -2.13. The van der Waals surface area contributed by atoms with Crippen molar-refractivity contribution in [1.82, 2.24) is 10.3 Å². The Morgan fingerprint density at radius 1 is 1.10 bits per heavy atom.